The smallest absolute Gasteiger partial charge is 0.228 e. The summed E-state index contributed by atoms with van der Waals surface area (Å²) in [5.74, 6) is 0.116. The summed E-state index contributed by atoms with van der Waals surface area (Å²) in [6.07, 6.45) is 0.438. The van der Waals surface area contributed by atoms with Gasteiger partial charge in [-0.15, -0.1) is 0 Å². The van der Waals surface area contributed by atoms with Crippen molar-refractivity contribution in [3.63, 3.8) is 0 Å². The first kappa shape index (κ1) is 17.4. The molecule has 0 aliphatic rings. The van der Waals surface area contributed by atoms with Crippen LogP contribution in [0.1, 0.15) is 24.5 Å². The Morgan fingerprint density at radius 1 is 1.17 bits per heavy atom. The van der Waals surface area contributed by atoms with Gasteiger partial charge in [-0.1, -0.05) is 29.8 Å². The molecular weight excluding hydrogens is 308 g/mol. The Morgan fingerprint density at radius 3 is 2.61 bits per heavy atom. The molecule has 0 saturated heterocycles. The highest BCUT2D eigenvalue weighted by atomic mass is 35.5. The summed E-state index contributed by atoms with van der Waals surface area (Å²) in [5, 5.41) is 4.03. The van der Waals surface area contributed by atoms with E-state index in [9.17, 15) is 4.79 Å². The minimum Gasteiger partial charge on any atom is -0.384 e. The second kappa shape index (κ2) is 8.02. The molecule has 0 unspecified atom stereocenters. The third-order valence-corrected chi connectivity index (χ3v) is 4.26. The van der Waals surface area contributed by atoms with E-state index < -0.39 is 0 Å². The van der Waals surface area contributed by atoms with Crippen LogP contribution in [0.5, 0.6) is 0 Å². The zero-order chi connectivity index (χ0) is 16.8. The van der Waals surface area contributed by atoms with Crippen molar-refractivity contribution in [1.29, 1.82) is 0 Å². The quantitative estimate of drug-likeness (QED) is 0.824. The molecule has 0 aliphatic carbocycles. The van der Waals surface area contributed by atoms with E-state index in [1.54, 1.807) is 0 Å². The van der Waals surface area contributed by atoms with Gasteiger partial charge < -0.3 is 10.2 Å². The fraction of sp³-hybridized carbons (Fsp3) is 0.316. The summed E-state index contributed by atoms with van der Waals surface area (Å²) in [6, 6.07) is 13.8. The van der Waals surface area contributed by atoms with Crippen LogP contribution in [0.25, 0.3) is 0 Å². The van der Waals surface area contributed by atoms with Gasteiger partial charge in [0.2, 0.25) is 5.91 Å². The number of carbonyl (C=O) groups is 1. The van der Waals surface area contributed by atoms with Gasteiger partial charge in [-0.3, -0.25) is 4.79 Å². The van der Waals surface area contributed by atoms with E-state index in [-0.39, 0.29) is 5.91 Å². The molecule has 1 N–H and O–H groups in total. The number of amides is 1. The largest absolute Gasteiger partial charge is 0.384 e. The van der Waals surface area contributed by atoms with Gasteiger partial charge in [0.25, 0.3) is 0 Å². The van der Waals surface area contributed by atoms with Crippen LogP contribution in [0.3, 0.4) is 0 Å². The predicted octanol–water partition coefficient (Wildman–Crippen LogP) is 4.81. The first-order valence-electron chi connectivity index (χ1n) is 7.89. The van der Waals surface area contributed by atoms with Gasteiger partial charge >= 0.3 is 0 Å². The molecule has 0 heterocycles. The Morgan fingerprint density at radius 2 is 1.91 bits per heavy atom. The number of anilines is 2. The summed E-state index contributed by atoms with van der Waals surface area (Å²) in [7, 11) is 0. The molecular formula is C19H23ClN2O. The van der Waals surface area contributed by atoms with Crippen molar-refractivity contribution in [2.45, 2.75) is 27.2 Å². The lowest BCUT2D eigenvalue weighted by molar-refractivity contribution is -0.118. The van der Waals surface area contributed by atoms with Crippen LogP contribution in [0.4, 0.5) is 11.4 Å². The zero-order valence-electron chi connectivity index (χ0n) is 13.9. The van der Waals surface area contributed by atoms with Crippen molar-refractivity contribution in [3.05, 3.63) is 58.6 Å². The predicted molar refractivity (Wildman–Crippen MR) is 98.5 cm³/mol. The standard InChI is InChI=1S/C19H23ClN2O/c1-4-22(16-8-5-7-14(2)13-16)19(23)11-12-21-18-10-6-9-17(20)15(18)3/h5-10,13,21H,4,11-12H2,1-3H3. The molecule has 2 aromatic rings. The Hall–Kier alpha value is -2.00. The summed E-state index contributed by atoms with van der Waals surface area (Å²) < 4.78 is 0. The lowest BCUT2D eigenvalue weighted by atomic mass is 10.2. The van der Waals surface area contributed by atoms with Crippen LogP contribution in [0.15, 0.2) is 42.5 Å². The number of aryl methyl sites for hydroxylation is 1. The Labute approximate surface area is 143 Å². The van der Waals surface area contributed by atoms with Gasteiger partial charge in [0.15, 0.2) is 0 Å². The average Bonchev–Trinajstić information content (AvgIpc) is 2.52. The second-order valence-corrected chi connectivity index (χ2v) is 5.97. The molecule has 0 radical (unpaired) electrons. The Kier molecular flexibility index (Phi) is 6.05. The van der Waals surface area contributed by atoms with Crippen LogP contribution in [0.2, 0.25) is 5.02 Å². The second-order valence-electron chi connectivity index (χ2n) is 5.57. The molecule has 0 aromatic heterocycles. The van der Waals surface area contributed by atoms with Crippen molar-refractivity contribution in [2.75, 3.05) is 23.3 Å². The van der Waals surface area contributed by atoms with Crippen molar-refractivity contribution in [2.24, 2.45) is 0 Å². The van der Waals surface area contributed by atoms with E-state index in [1.165, 1.54) is 0 Å². The van der Waals surface area contributed by atoms with Crippen LogP contribution in [-0.2, 0) is 4.79 Å². The molecule has 1 amide bonds. The fourth-order valence-corrected chi connectivity index (χ4v) is 2.71. The van der Waals surface area contributed by atoms with Crippen LogP contribution in [-0.4, -0.2) is 19.0 Å². The summed E-state index contributed by atoms with van der Waals surface area (Å²) >= 11 is 6.11. The minimum atomic E-state index is 0.116. The van der Waals surface area contributed by atoms with E-state index in [0.717, 1.165) is 27.5 Å². The van der Waals surface area contributed by atoms with E-state index in [0.29, 0.717) is 19.5 Å². The average molecular weight is 331 g/mol. The summed E-state index contributed by atoms with van der Waals surface area (Å²) in [6.45, 7) is 7.25. The van der Waals surface area contributed by atoms with E-state index >= 15 is 0 Å². The molecule has 0 bridgehead atoms. The SMILES string of the molecule is CCN(C(=O)CCNc1cccc(Cl)c1C)c1cccc(C)c1. The number of hydrogen-bond donors (Lipinski definition) is 1. The number of halogens is 1. The molecule has 0 fully saturated rings. The lowest BCUT2D eigenvalue weighted by Crippen LogP contribution is -2.31. The number of nitrogens with one attached hydrogen (secondary N) is 1. The molecule has 0 saturated carbocycles. The molecule has 0 spiro atoms. The molecule has 23 heavy (non-hydrogen) atoms. The highest BCUT2D eigenvalue weighted by Crippen LogP contribution is 2.23. The number of benzene rings is 2. The Bertz CT molecular complexity index is 685. The summed E-state index contributed by atoms with van der Waals surface area (Å²) in [5.41, 5.74) is 4.09. The number of nitrogens with zero attached hydrogens (tertiary/aromatic N) is 1. The van der Waals surface area contributed by atoms with Crippen molar-refractivity contribution >= 4 is 28.9 Å². The van der Waals surface area contributed by atoms with Crippen molar-refractivity contribution in [3.8, 4) is 0 Å². The molecule has 4 heteroatoms. The first-order chi connectivity index (χ1) is 11.0. The van der Waals surface area contributed by atoms with Gasteiger partial charge in [-0.05, 0) is 56.2 Å². The van der Waals surface area contributed by atoms with Crippen LogP contribution >= 0.6 is 11.6 Å². The third kappa shape index (κ3) is 4.49. The van der Waals surface area contributed by atoms with Gasteiger partial charge in [-0.25, -0.2) is 0 Å². The maximum absolute atomic E-state index is 12.5. The molecule has 2 rings (SSSR count). The number of carbonyl (C=O) groups excluding carboxylic acids is 1. The highest BCUT2D eigenvalue weighted by molar-refractivity contribution is 6.31. The normalized spacial score (nSPS) is 10.4. The van der Waals surface area contributed by atoms with Crippen molar-refractivity contribution in [1.82, 2.24) is 0 Å². The molecule has 0 aliphatic heterocycles. The lowest BCUT2D eigenvalue weighted by Gasteiger charge is -2.22. The van der Waals surface area contributed by atoms with E-state index in [2.05, 4.69) is 5.32 Å². The fourth-order valence-electron chi connectivity index (χ4n) is 2.54. The molecule has 122 valence electrons. The molecule has 3 nitrogen and oxygen atoms in total. The Balaban J connectivity index is 1.96. The first-order valence-corrected chi connectivity index (χ1v) is 8.26. The van der Waals surface area contributed by atoms with Crippen molar-refractivity contribution < 1.29 is 4.79 Å². The van der Waals surface area contributed by atoms with Crippen LogP contribution in [0, 0.1) is 13.8 Å². The van der Waals surface area contributed by atoms with E-state index in [4.69, 9.17) is 11.6 Å². The van der Waals surface area contributed by atoms with Gasteiger partial charge in [0, 0.05) is 35.9 Å². The minimum absolute atomic E-state index is 0.116. The monoisotopic (exact) mass is 330 g/mol. The highest BCUT2D eigenvalue weighted by Gasteiger charge is 2.13. The van der Waals surface area contributed by atoms with Gasteiger partial charge in [-0.2, -0.15) is 0 Å². The summed E-state index contributed by atoms with van der Waals surface area (Å²) in [4.78, 5) is 14.3. The molecule has 0 atom stereocenters. The third-order valence-electron chi connectivity index (χ3n) is 3.85. The number of hydrogen-bond acceptors (Lipinski definition) is 2. The number of rotatable bonds is 6. The molecule has 2 aromatic carbocycles. The maximum Gasteiger partial charge on any atom is 0.228 e. The van der Waals surface area contributed by atoms with Crippen LogP contribution < -0.4 is 10.2 Å². The van der Waals surface area contributed by atoms with Gasteiger partial charge in [0.1, 0.15) is 0 Å². The van der Waals surface area contributed by atoms with Gasteiger partial charge in [0.05, 0.1) is 0 Å². The van der Waals surface area contributed by atoms with E-state index in [1.807, 2.05) is 68.1 Å². The topological polar surface area (TPSA) is 32.3 Å². The maximum atomic E-state index is 12.5. The zero-order valence-corrected chi connectivity index (χ0v) is 14.7.